The second kappa shape index (κ2) is 3.51. The quantitative estimate of drug-likeness (QED) is 0.739. The predicted molar refractivity (Wildman–Crippen MR) is 53.9 cm³/mol. The highest BCUT2D eigenvalue weighted by atomic mass is 16.3. The Kier molecular flexibility index (Phi) is 2.20. The minimum Gasteiger partial charge on any atom is -0.390 e. The lowest BCUT2D eigenvalue weighted by Crippen LogP contribution is -2.01. The molecule has 2 aromatic rings. The van der Waals surface area contributed by atoms with Crippen molar-refractivity contribution >= 4 is 5.82 Å². The van der Waals surface area contributed by atoms with Crippen LogP contribution in [0.25, 0.3) is 5.69 Å². The van der Waals surface area contributed by atoms with Crippen LogP contribution in [0.15, 0.2) is 36.4 Å². The monoisotopic (exact) mass is 189 g/mol. The summed E-state index contributed by atoms with van der Waals surface area (Å²) in [5, 5.41) is 13.0. The molecule has 4 nitrogen and oxygen atoms in total. The van der Waals surface area contributed by atoms with Gasteiger partial charge in [-0.2, -0.15) is 5.10 Å². The van der Waals surface area contributed by atoms with Crippen molar-refractivity contribution in [2.45, 2.75) is 6.61 Å². The number of nitrogens with two attached hydrogens (primary N) is 1. The Bertz CT molecular complexity index is 422. The van der Waals surface area contributed by atoms with Crippen LogP contribution in [0.5, 0.6) is 0 Å². The van der Waals surface area contributed by atoms with Gasteiger partial charge in [-0.15, -0.1) is 0 Å². The smallest absolute Gasteiger partial charge is 0.127 e. The number of nitrogen functional groups attached to an aromatic ring is 1. The molecule has 4 heteroatoms. The number of benzene rings is 1. The van der Waals surface area contributed by atoms with Crippen molar-refractivity contribution in [1.82, 2.24) is 9.78 Å². The van der Waals surface area contributed by atoms with Crippen molar-refractivity contribution in [3.63, 3.8) is 0 Å². The zero-order chi connectivity index (χ0) is 9.97. The van der Waals surface area contributed by atoms with Gasteiger partial charge in [-0.05, 0) is 12.1 Å². The van der Waals surface area contributed by atoms with Crippen LogP contribution in [0.2, 0.25) is 0 Å². The summed E-state index contributed by atoms with van der Waals surface area (Å²) in [6.45, 7) is -0.0932. The Balaban J connectivity index is 2.46. The first-order chi connectivity index (χ1) is 6.81. The fourth-order valence-electron chi connectivity index (χ4n) is 1.30. The van der Waals surface area contributed by atoms with Crippen molar-refractivity contribution < 1.29 is 5.11 Å². The summed E-state index contributed by atoms with van der Waals surface area (Å²) in [4.78, 5) is 0. The van der Waals surface area contributed by atoms with Crippen molar-refractivity contribution in [3.05, 3.63) is 42.1 Å². The van der Waals surface area contributed by atoms with Gasteiger partial charge in [-0.25, -0.2) is 4.68 Å². The Morgan fingerprint density at radius 2 is 2.00 bits per heavy atom. The molecule has 0 saturated heterocycles. The van der Waals surface area contributed by atoms with Crippen molar-refractivity contribution in [2.24, 2.45) is 0 Å². The summed E-state index contributed by atoms with van der Waals surface area (Å²) >= 11 is 0. The second-order valence-corrected chi connectivity index (χ2v) is 2.97. The molecule has 1 aromatic carbocycles. The first kappa shape index (κ1) is 8.77. The molecule has 3 N–H and O–H groups in total. The van der Waals surface area contributed by atoms with Crippen LogP contribution in [0.3, 0.4) is 0 Å². The Morgan fingerprint density at radius 3 is 2.57 bits per heavy atom. The lowest BCUT2D eigenvalue weighted by Gasteiger charge is -2.02. The van der Waals surface area contributed by atoms with Crippen LogP contribution in [0, 0.1) is 0 Å². The molecule has 0 fully saturated rings. The number of rotatable bonds is 2. The number of nitrogens with zero attached hydrogens (tertiary/aromatic N) is 2. The van der Waals surface area contributed by atoms with E-state index in [1.807, 2.05) is 30.3 Å². The summed E-state index contributed by atoms with van der Waals surface area (Å²) in [5.74, 6) is 0.528. The zero-order valence-electron chi connectivity index (χ0n) is 7.59. The molecule has 0 atom stereocenters. The standard InChI is InChI=1S/C10H11N3O/c11-10-6-8(7-14)12-13(10)9-4-2-1-3-5-9/h1-6,14H,7,11H2. The molecule has 0 aliphatic carbocycles. The third-order valence-electron chi connectivity index (χ3n) is 1.95. The molecule has 2 rings (SSSR count). The van der Waals surface area contributed by atoms with E-state index in [9.17, 15) is 0 Å². The number of para-hydroxylation sites is 1. The molecule has 72 valence electrons. The summed E-state index contributed by atoms with van der Waals surface area (Å²) < 4.78 is 1.60. The molecule has 1 aromatic heterocycles. The van der Waals surface area contributed by atoms with E-state index >= 15 is 0 Å². The number of aromatic nitrogens is 2. The number of hydrogen-bond donors (Lipinski definition) is 2. The number of aliphatic hydroxyl groups excluding tert-OH is 1. The molecule has 0 amide bonds. The molecule has 14 heavy (non-hydrogen) atoms. The topological polar surface area (TPSA) is 64.1 Å². The van der Waals surface area contributed by atoms with Gasteiger partial charge in [0.2, 0.25) is 0 Å². The van der Waals surface area contributed by atoms with Crippen molar-refractivity contribution in [1.29, 1.82) is 0 Å². The maximum absolute atomic E-state index is 8.89. The SMILES string of the molecule is Nc1cc(CO)nn1-c1ccccc1. The Morgan fingerprint density at radius 1 is 1.29 bits per heavy atom. The lowest BCUT2D eigenvalue weighted by atomic mass is 10.3. The van der Waals surface area contributed by atoms with Gasteiger partial charge in [0.1, 0.15) is 5.82 Å². The van der Waals surface area contributed by atoms with E-state index in [1.165, 1.54) is 0 Å². The molecule has 0 unspecified atom stereocenters. The van der Waals surface area contributed by atoms with Gasteiger partial charge in [0.25, 0.3) is 0 Å². The predicted octanol–water partition coefficient (Wildman–Crippen LogP) is 0.947. The average molecular weight is 189 g/mol. The number of aliphatic hydroxyl groups is 1. The minimum absolute atomic E-state index is 0.0932. The van der Waals surface area contributed by atoms with Crippen LogP contribution in [0.4, 0.5) is 5.82 Å². The van der Waals surface area contributed by atoms with Crippen LogP contribution < -0.4 is 5.73 Å². The van der Waals surface area contributed by atoms with Gasteiger partial charge in [-0.3, -0.25) is 0 Å². The van der Waals surface area contributed by atoms with E-state index in [4.69, 9.17) is 10.8 Å². The van der Waals surface area contributed by atoms with E-state index in [-0.39, 0.29) is 6.61 Å². The molecule has 0 aliphatic rings. The first-order valence-corrected chi connectivity index (χ1v) is 4.32. The van der Waals surface area contributed by atoms with Gasteiger partial charge >= 0.3 is 0 Å². The largest absolute Gasteiger partial charge is 0.390 e. The molecular weight excluding hydrogens is 178 g/mol. The fourth-order valence-corrected chi connectivity index (χ4v) is 1.30. The van der Waals surface area contributed by atoms with E-state index in [0.29, 0.717) is 11.5 Å². The highest BCUT2D eigenvalue weighted by Gasteiger charge is 2.04. The summed E-state index contributed by atoms with van der Waals surface area (Å²) in [6, 6.07) is 11.2. The van der Waals surface area contributed by atoms with E-state index < -0.39 is 0 Å². The Hall–Kier alpha value is -1.81. The van der Waals surface area contributed by atoms with E-state index in [1.54, 1.807) is 10.7 Å². The molecule has 0 saturated carbocycles. The normalized spacial score (nSPS) is 10.4. The van der Waals surface area contributed by atoms with Crippen LogP contribution >= 0.6 is 0 Å². The van der Waals surface area contributed by atoms with Gasteiger partial charge in [0.15, 0.2) is 0 Å². The molecule has 0 bridgehead atoms. The maximum Gasteiger partial charge on any atom is 0.127 e. The van der Waals surface area contributed by atoms with Crippen LogP contribution in [0.1, 0.15) is 5.69 Å². The molecule has 0 spiro atoms. The summed E-state index contributed by atoms with van der Waals surface area (Å²) in [6.07, 6.45) is 0. The van der Waals surface area contributed by atoms with E-state index in [2.05, 4.69) is 5.10 Å². The average Bonchev–Trinajstić information content (AvgIpc) is 2.61. The van der Waals surface area contributed by atoms with E-state index in [0.717, 1.165) is 5.69 Å². The maximum atomic E-state index is 8.89. The van der Waals surface area contributed by atoms with Gasteiger partial charge < -0.3 is 10.8 Å². The highest BCUT2D eigenvalue weighted by Crippen LogP contribution is 2.13. The Labute approximate surface area is 81.6 Å². The summed E-state index contributed by atoms with van der Waals surface area (Å²) in [7, 11) is 0. The van der Waals surface area contributed by atoms with Crippen molar-refractivity contribution in [3.8, 4) is 5.69 Å². The lowest BCUT2D eigenvalue weighted by molar-refractivity contribution is 0.276. The van der Waals surface area contributed by atoms with Gasteiger partial charge in [0.05, 0.1) is 18.0 Å². The molecule has 0 aliphatic heterocycles. The number of anilines is 1. The van der Waals surface area contributed by atoms with Crippen molar-refractivity contribution in [2.75, 3.05) is 5.73 Å². The van der Waals surface area contributed by atoms with Crippen LogP contribution in [-0.4, -0.2) is 14.9 Å². The van der Waals surface area contributed by atoms with Gasteiger partial charge in [0, 0.05) is 6.07 Å². The molecule has 1 heterocycles. The third-order valence-corrected chi connectivity index (χ3v) is 1.95. The second-order valence-electron chi connectivity index (χ2n) is 2.97. The highest BCUT2D eigenvalue weighted by molar-refractivity contribution is 5.42. The zero-order valence-corrected chi connectivity index (χ0v) is 7.59. The van der Waals surface area contributed by atoms with Crippen LogP contribution in [-0.2, 0) is 6.61 Å². The number of hydrogen-bond acceptors (Lipinski definition) is 3. The molecule has 0 radical (unpaired) electrons. The third kappa shape index (κ3) is 1.47. The first-order valence-electron chi connectivity index (χ1n) is 4.32. The summed E-state index contributed by atoms with van der Waals surface area (Å²) in [5.41, 5.74) is 7.21. The fraction of sp³-hybridized carbons (Fsp3) is 0.100. The minimum atomic E-state index is -0.0932. The van der Waals surface area contributed by atoms with Gasteiger partial charge in [-0.1, -0.05) is 18.2 Å². The molecular formula is C10H11N3O.